The fourth-order valence-corrected chi connectivity index (χ4v) is 3.37. The molecule has 1 fully saturated rings. The van der Waals surface area contributed by atoms with Gasteiger partial charge in [-0.1, -0.05) is 48.4 Å². The first-order valence-electron chi connectivity index (χ1n) is 7.69. The Morgan fingerprint density at radius 1 is 1.05 bits per heavy atom. The molecule has 0 aliphatic heterocycles. The van der Waals surface area contributed by atoms with Crippen LogP contribution in [-0.2, 0) is 0 Å². The van der Waals surface area contributed by atoms with E-state index >= 15 is 0 Å². The lowest BCUT2D eigenvalue weighted by Crippen LogP contribution is -2.28. The molecule has 0 spiro atoms. The smallest absolute Gasteiger partial charge is 0.121 e. The maximum Gasteiger partial charge on any atom is 0.121 e. The molecule has 2 aromatic rings. The first kappa shape index (κ1) is 14.9. The Balaban J connectivity index is 1.80. The quantitative estimate of drug-likeness (QED) is 0.769. The molecular weight excluding hydrogens is 294 g/mol. The molecule has 2 nitrogen and oxygen atoms in total. The van der Waals surface area contributed by atoms with Crippen LogP contribution in [-0.4, -0.2) is 6.10 Å². The van der Waals surface area contributed by atoms with Crippen molar-refractivity contribution in [3.05, 3.63) is 64.7 Å². The van der Waals surface area contributed by atoms with Crippen molar-refractivity contribution in [1.29, 1.82) is 5.26 Å². The fraction of sp³-hybridized carbons (Fsp3) is 0.316. The van der Waals surface area contributed by atoms with Crippen molar-refractivity contribution in [3.63, 3.8) is 0 Å². The number of hydrogen-bond donors (Lipinski definition) is 0. The van der Waals surface area contributed by atoms with Crippen LogP contribution in [0.1, 0.15) is 42.7 Å². The van der Waals surface area contributed by atoms with Gasteiger partial charge in [0.15, 0.2) is 0 Å². The van der Waals surface area contributed by atoms with Crippen LogP contribution in [0.4, 0.5) is 0 Å². The Hall–Kier alpha value is -1.98. The molecule has 22 heavy (non-hydrogen) atoms. The van der Waals surface area contributed by atoms with E-state index in [4.69, 9.17) is 21.6 Å². The average molecular weight is 312 g/mol. The third-order valence-electron chi connectivity index (χ3n) is 4.28. The highest BCUT2D eigenvalue weighted by atomic mass is 35.5. The number of benzene rings is 2. The van der Waals surface area contributed by atoms with Gasteiger partial charge in [0.25, 0.3) is 0 Å². The summed E-state index contributed by atoms with van der Waals surface area (Å²) in [6.45, 7) is 0. The van der Waals surface area contributed by atoms with Crippen molar-refractivity contribution in [1.82, 2.24) is 0 Å². The van der Waals surface area contributed by atoms with Gasteiger partial charge in [-0.3, -0.25) is 0 Å². The van der Waals surface area contributed by atoms with Gasteiger partial charge < -0.3 is 4.74 Å². The standard InChI is InChI=1S/C19H18ClNO/c20-18-12-16(11-10-15(18)13-21)22-19-9-5-4-8-17(19)14-6-2-1-3-7-14/h1-3,6-7,10-12,17,19H,4-5,8-9H2/t17-,19+/m0/s1. The third-order valence-corrected chi connectivity index (χ3v) is 4.59. The van der Waals surface area contributed by atoms with Crippen LogP contribution >= 0.6 is 11.6 Å². The zero-order chi connectivity index (χ0) is 15.4. The Kier molecular flexibility index (Phi) is 4.65. The van der Waals surface area contributed by atoms with Crippen LogP contribution in [0.15, 0.2) is 48.5 Å². The number of ether oxygens (including phenoxy) is 1. The zero-order valence-corrected chi connectivity index (χ0v) is 13.1. The maximum atomic E-state index is 8.95. The van der Waals surface area contributed by atoms with Crippen molar-refractivity contribution in [2.24, 2.45) is 0 Å². The lowest BCUT2D eigenvalue weighted by molar-refractivity contribution is 0.130. The molecule has 0 bridgehead atoms. The van der Waals surface area contributed by atoms with Crippen LogP contribution in [0.3, 0.4) is 0 Å². The lowest BCUT2D eigenvalue weighted by Gasteiger charge is -2.32. The van der Waals surface area contributed by atoms with E-state index in [9.17, 15) is 0 Å². The van der Waals surface area contributed by atoms with E-state index in [-0.39, 0.29) is 6.10 Å². The third kappa shape index (κ3) is 3.26. The van der Waals surface area contributed by atoms with Crippen LogP contribution in [0.25, 0.3) is 0 Å². The van der Waals surface area contributed by atoms with E-state index in [2.05, 4.69) is 30.3 Å². The predicted octanol–water partition coefficient (Wildman–Crippen LogP) is 5.32. The molecule has 1 saturated carbocycles. The van der Waals surface area contributed by atoms with Crippen LogP contribution in [0.2, 0.25) is 5.02 Å². The minimum Gasteiger partial charge on any atom is -0.490 e. The van der Waals surface area contributed by atoms with Gasteiger partial charge in [-0.25, -0.2) is 0 Å². The zero-order valence-electron chi connectivity index (χ0n) is 12.3. The summed E-state index contributed by atoms with van der Waals surface area (Å²) < 4.78 is 6.21. The van der Waals surface area contributed by atoms with Gasteiger partial charge in [-0.05, 0) is 37.0 Å². The molecular formula is C19H18ClNO. The number of hydrogen-bond acceptors (Lipinski definition) is 2. The van der Waals surface area contributed by atoms with Gasteiger partial charge in [-0.15, -0.1) is 0 Å². The van der Waals surface area contributed by atoms with E-state index in [0.29, 0.717) is 16.5 Å². The van der Waals surface area contributed by atoms with Gasteiger partial charge in [-0.2, -0.15) is 5.26 Å². The van der Waals surface area contributed by atoms with Gasteiger partial charge in [0.05, 0.1) is 10.6 Å². The van der Waals surface area contributed by atoms with Crippen molar-refractivity contribution >= 4 is 11.6 Å². The monoisotopic (exact) mass is 311 g/mol. The number of halogens is 1. The summed E-state index contributed by atoms with van der Waals surface area (Å²) >= 11 is 6.10. The normalized spacial score (nSPS) is 21.1. The molecule has 0 heterocycles. The minimum absolute atomic E-state index is 0.167. The molecule has 0 amide bonds. The van der Waals surface area contributed by atoms with E-state index in [0.717, 1.165) is 18.6 Å². The summed E-state index contributed by atoms with van der Waals surface area (Å²) in [4.78, 5) is 0. The number of nitrogens with zero attached hydrogens (tertiary/aromatic N) is 1. The molecule has 3 rings (SSSR count). The van der Waals surface area contributed by atoms with Crippen LogP contribution in [0, 0.1) is 11.3 Å². The first-order chi connectivity index (χ1) is 10.8. The molecule has 0 unspecified atom stereocenters. The second kappa shape index (κ2) is 6.85. The van der Waals surface area contributed by atoms with Crippen molar-refractivity contribution in [2.45, 2.75) is 37.7 Å². The Morgan fingerprint density at radius 3 is 2.55 bits per heavy atom. The lowest BCUT2D eigenvalue weighted by atomic mass is 9.81. The summed E-state index contributed by atoms with van der Waals surface area (Å²) in [6.07, 6.45) is 4.81. The molecule has 0 radical (unpaired) electrons. The Labute approximate surface area is 136 Å². The molecule has 1 aliphatic rings. The largest absolute Gasteiger partial charge is 0.490 e. The molecule has 1 aliphatic carbocycles. The second-order valence-corrected chi connectivity index (χ2v) is 6.12. The van der Waals surface area contributed by atoms with Crippen molar-refractivity contribution in [2.75, 3.05) is 0 Å². The molecule has 0 N–H and O–H groups in total. The summed E-state index contributed by atoms with van der Waals surface area (Å²) in [5.41, 5.74) is 1.82. The van der Waals surface area contributed by atoms with Crippen LogP contribution in [0.5, 0.6) is 5.75 Å². The number of rotatable bonds is 3. The fourth-order valence-electron chi connectivity index (χ4n) is 3.15. The summed E-state index contributed by atoms with van der Waals surface area (Å²) in [7, 11) is 0. The Bertz CT molecular complexity index is 678. The molecule has 112 valence electrons. The highest BCUT2D eigenvalue weighted by molar-refractivity contribution is 6.31. The molecule has 0 aromatic heterocycles. The van der Waals surface area contributed by atoms with E-state index < -0.39 is 0 Å². The highest BCUT2D eigenvalue weighted by Gasteiger charge is 2.28. The predicted molar refractivity (Wildman–Crippen MR) is 88.2 cm³/mol. The topological polar surface area (TPSA) is 33.0 Å². The second-order valence-electron chi connectivity index (χ2n) is 5.71. The van der Waals surface area contributed by atoms with Crippen molar-refractivity contribution < 1.29 is 4.74 Å². The van der Waals surface area contributed by atoms with E-state index in [1.54, 1.807) is 12.1 Å². The minimum atomic E-state index is 0.167. The summed E-state index contributed by atoms with van der Waals surface area (Å²) in [6, 6.07) is 17.9. The maximum absolute atomic E-state index is 8.95. The molecule has 2 atom stereocenters. The average Bonchev–Trinajstić information content (AvgIpc) is 2.56. The van der Waals surface area contributed by atoms with E-state index in [1.165, 1.54) is 18.4 Å². The first-order valence-corrected chi connectivity index (χ1v) is 8.07. The van der Waals surface area contributed by atoms with E-state index in [1.807, 2.05) is 12.1 Å². The van der Waals surface area contributed by atoms with Gasteiger partial charge in [0.2, 0.25) is 0 Å². The SMILES string of the molecule is N#Cc1ccc(O[C@@H]2CCCC[C@H]2c2ccccc2)cc1Cl. The van der Waals surface area contributed by atoms with Gasteiger partial charge in [0.1, 0.15) is 17.9 Å². The van der Waals surface area contributed by atoms with Crippen molar-refractivity contribution in [3.8, 4) is 11.8 Å². The molecule has 3 heteroatoms. The highest BCUT2D eigenvalue weighted by Crippen LogP contribution is 2.36. The number of nitriles is 1. The van der Waals surface area contributed by atoms with Crippen LogP contribution < -0.4 is 4.74 Å². The Morgan fingerprint density at radius 2 is 1.82 bits per heavy atom. The molecule has 0 saturated heterocycles. The summed E-state index contributed by atoms with van der Waals surface area (Å²) in [5, 5.41) is 9.40. The van der Waals surface area contributed by atoms with Gasteiger partial charge in [0, 0.05) is 12.0 Å². The summed E-state index contributed by atoms with van der Waals surface area (Å²) in [5.74, 6) is 1.17. The van der Waals surface area contributed by atoms with Gasteiger partial charge >= 0.3 is 0 Å². The molecule has 2 aromatic carbocycles.